The molecular formula is C15H17NO. The predicted molar refractivity (Wildman–Crippen MR) is 70.9 cm³/mol. The Balaban J connectivity index is 2.02. The first-order valence-electron chi connectivity index (χ1n) is 6.06. The van der Waals surface area contributed by atoms with E-state index in [9.17, 15) is 4.79 Å². The van der Waals surface area contributed by atoms with Crippen LogP contribution in [-0.2, 0) is 11.2 Å². The van der Waals surface area contributed by atoms with Crippen molar-refractivity contribution in [2.75, 3.05) is 5.32 Å². The molecule has 0 saturated heterocycles. The molecule has 2 nitrogen and oxygen atoms in total. The summed E-state index contributed by atoms with van der Waals surface area (Å²) in [5.74, 6) is -0.0230. The highest BCUT2D eigenvalue weighted by Gasteiger charge is 2.08. The largest absolute Gasteiger partial charge is 0.322 e. The van der Waals surface area contributed by atoms with Crippen molar-refractivity contribution in [1.29, 1.82) is 0 Å². The van der Waals surface area contributed by atoms with Gasteiger partial charge >= 0.3 is 0 Å². The highest BCUT2D eigenvalue weighted by Crippen LogP contribution is 2.14. The molecule has 0 atom stereocenters. The highest BCUT2D eigenvalue weighted by molar-refractivity contribution is 6.05. The van der Waals surface area contributed by atoms with Crippen LogP contribution in [0.2, 0.25) is 0 Å². The van der Waals surface area contributed by atoms with Gasteiger partial charge in [-0.1, -0.05) is 37.3 Å². The number of hydrogen-bond acceptors (Lipinski definition) is 1. The Bertz CT molecular complexity index is 454. The van der Waals surface area contributed by atoms with Crippen molar-refractivity contribution in [3.63, 3.8) is 0 Å². The zero-order valence-corrected chi connectivity index (χ0v) is 10.1. The lowest BCUT2D eigenvalue weighted by molar-refractivity contribution is -0.112. The molecule has 1 aliphatic rings. The van der Waals surface area contributed by atoms with E-state index < -0.39 is 0 Å². The smallest absolute Gasteiger partial charge is 0.255 e. The lowest BCUT2D eigenvalue weighted by atomic mass is 10.1. The maximum Gasteiger partial charge on any atom is 0.255 e. The van der Waals surface area contributed by atoms with Crippen LogP contribution in [0, 0.1) is 0 Å². The minimum absolute atomic E-state index is 0.0230. The summed E-state index contributed by atoms with van der Waals surface area (Å²) in [7, 11) is 0. The van der Waals surface area contributed by atoms with Crippen molar-refractivity contribution < 1.29 is 4.79 Å². The first kappa shape index (κ1) is 11.6. The third-order valence-corrected chi connectivity index (χ3v) is 2.88. The van der Waals surface area contributed by atoms with Gasteiger partial charge in [-0.15, -0.1) is 0 Å². The van der Waals surface area contributed by atoms with Gasteiger partial charge in [0, 0.05) is 11.3 Å². The van der Waals surface area contributed by atoms with Crippen LogP contribution in [0.15, 0.2) is 48.1 Å². The van der Waals surface area contributed by atoms with Crippen molar-refractivity contribution in [2.24, 2.45) is 0 Å². The lowest BCUT2D eigenvalue weighted by Crippen LogP contribution is -2.14. The van der Waals surface area contributed by atoms with Crippen molar-refractivity contribution >= 4 is 11.6 Å². The second kappa shape index (κ2) is 5.48. The SMILES string of the molecule is CCc1ccc(NC(=O)C2=CCCC=C2)cc1. The number of nitrogens with one attached hydrogen (secondary N) is 1. The molecule has 0 fully saturated rings. The molecule has 1 aliphatic carbocycles. The molecule has 17 heavy (non-hydrogen) atoms. The fourth-order valence-corrected chi connectivity index (χ4v) is 1.81. The number of benzene rings is 1. The van der Waals surface area contributed by atoms with Gasteiger partial charge < -0.3 is 5.32 Å². The van der Waals surface area contributed by atoms with Gasteiger partial charge in [0.1, 0.15) is 0 Å². The second-order valence-electron chi connectivity index (χ2n) is 4.14. The van der Waals surface area contributed by atoms with Gasteiger partial charge in [0.2, 0.25) is 0 Å². The molecule has 0 aliphatic heterocycles. The molecular weight excluding hydrogens is 210 g/mol. The Morgan fingerprint density at radius 1 is 1.24 bits per heavy atom. The predicted octanol–water partition coefficient (Wildman–Crippen LogP) is 3.46. The van der Waals surface area contributed by atoms with Crippen molar-refractivity contribution in [3.8, 4) is 0 Å². The second-order valence-corrected chi connectivity index (χ2v) is 4.14. The Hall–Kier alpha value is -1.83. The molecule has 2 rings (SSSR count). The van der Waals surface area contributed by atoms with Crippen LogP contribution in [0.4, 0.5) is 5.69 Å². The standard InChI is InChI=1S/C15H17NO/c1-2-12-8-10-14(11-9-12)16-15(17)13-6-4-3-5-7-13/h4,6-11H,2-3,5H2,1H3,(H,16,17). The van der Waals surface area contributed by atoms with Crippen LogP contribution >= 0.6 is 0 Å². The molecule has 0 aromatic heterocycles. The number of amides is 1. The van der Waals surface area contributed by atoms with Crippen LogP contribution in [0.1, 0.15) is 25.3 Å². The number of carbonyl (C=O) groups is 1. The molecule has 2 heteroatoms. The summed E-state index contributed by atoms with van der Waals surface area (Å²) in [6.45, 7) is 2.12. The number of hydrogen-bond donors (Lipinski definition) is 1. The molecule has 1 N–H and O–H groups in total. The lowest BCUT2D eigenvalue weighted by Gasteiger charge is -2.08. The fourth-order valence-electron chi connectivity index (χ4n) is 1.81. The highest BCUT2D eigenvalue weighted by atomic mass is 16.1. The van der Waals surface area contributed by atoms with Crippen molar-refractivity contribution in [2.45, 2.75) is 26.2 Å². The molecule has 0 bridgehead atoms. The van der Waals surface area contributed by atoms with Gasteiger partial charge in [0.05, 0.1) is 0 Å². The molecule has 0 saturated carbocycles. The van der Waals surface area contributed by atoms with Gasteiger partial charge in [-0.2, -0.15) is 0 Å². The first-order valence-corrected chi connectivity index (χ1v) is 6.06. The third-order valence-electron chi connectivity index (χ3n) is 2.88. The van der Waals surface area contributed by atoms with E-state index in [1.807, 2.05) is 42.5 Å². The van der Waals surface area contributed by atoms with E-state index in [0.717, 1.165) is 30.5 Å². The zero-order chi connectivity index (χ0) is 12.1. The minimum atomic E-state index is -0.0230. The van der Waals surface area contributed by atoms with Crippen molar-refractivity contribution in [3.05, 3.63) is 53.6 Å². The number of allylic oxidation sites excluding steroid dienone is 2. The summed E-state index contributed by atoms with van der Waals surface area (Å²) in [5, 5.41) is 2.90. The maximum atomic E-state index is 11.9. The third kappa shape index (κ3) is 3.06. The number of carbonyl (C=O) groups excluding carboxylic acids is 1. The first-order chi connectivity index (χ1) is 8.29. The number of aryl methyl sites for hydroxylation is 1. The summed E-state index contributed by atoms with van der Waals surface area (Å²) in [6.07, 6.45) is 8.90. The van der Waals surface area contributed by atoms with Gasteiger partial charge in [-0.25, -0.2) is 0 Å². The summed E-state index contributed by atoms with van der Waals surface area (Å²) in [6, 6.07) is 7.98. The Labute approximate surface area is 102 Å². The molecule has 0 radical (unpaired) electrons. The molecule has 88 valence electrons. The van der Waals surface area contributed by atoms with Gasteiger partial charge in [0.15, 0.2) is 0 Å². The van der Waals surface area contributed by atoms with Crippen LogP contribution in [0.5, 0.6) is 0 Å². The average molecular weight is 227 g/mol. The number of anilines is 1. The Morgan fingerprint density at radius 3 is 2.59 bits per heavy atom. The summed E-state index contributed by atoms with van der Waals surface area (Å²) in [4.78, 5) is 11.9. The van der Waals surface area contributed by atoms with E-state index in [0.29, 0.717) is 0 Å². The van der Waals surface area contributed by atoms with E-state index >= 15 is 0 Å². The molecule has 1 aromatic rings. The number of rotatable bonds is 3. The minimum Gasteiger partial charge on any atom is -0.322 e. The van der Waals surface area contributed by atoms with Crippen molar-refractivity contribution in [1.82, 2.24) is 0 Å². The van der Waals surface area contributed by atoms with E-state index in [2.05, 4.69) is 12.2 Å². The van der Waals surface area contributed by atoms with Crippen LogP contribution in [0.3, 0.4) is 0 Å². The van der Waals surface area contributed by atoms with E-state index in [1.165, 1.54) is 5.56 Å². The summed E-state index contributed by atoms with van der Waals surface area (Å²) < 4.78 is 0. The van der Waals surface area contributed by atoms with Gasteiger partial charge in [-0.3, -0.25) is 4.79 Å². The zero-order valence-electron chi connectivity index (χ0n) is 10.1. The van der Waals surface area contributed by atoms with E-state index in [4.69, 9.17) is 0 Å². The van der Waals surface area contributed by atoms with Crippen LogP contribution in [0.25, 0.3) is 0 Å². The molecule has 0 unspecified atom stereocenters. The summed E-state index contributed by atoms with van der Waals surface area (Å²) >= 11 is 0. The maximum absolute atomic E-state index is 11.9. The van der Waals surface area contributed by atoms with Crippen LogP contribution in [-0.4, -0.2) is 5.91 Å². The molecule has 0 heterocycles. The van der Waals surface area contributed by atoms with Gasteiger partial charge in [-0.05, 0) is 37.0 Å². The fraction of sp³-hybridized carbons (Fsp3) is 0.267. The topological polar surface area (TPSA) is 29.1 Å². The summed E-state index contributed by atoms with van der Waals surface area (Å²) in [5.41, 5.74) is 2.89. The molecule has 1 amide bonds. The quantitative estimate of drug-likeness (QED) is 0.841. The normalized spacial score (nSPS) is 14.3. The monoisotopic (exact) mass is 227 g/mol. The Morgan fingerprint density at radius 2 is 2.00 bits per heavy atom. The van der Waals surface area contributed by atoms with E-state index in [1.54, 1.807) is 0 Å². The molecule has 1 aromatic carbocycles. The van der Waals surface area contributed by atoms with Crippen LogP contribution < -0.4 is 5.32 Å². The molecule has 0 spiro atoms. The Kier molecular flexibility index (Phi) is 3.76. The van der Waals surface area contributed by atoms with E-state index in [-0.39, 0.29) is 5.91 Å². The van der Waals surface area contributed by atoms with Gasteiger partial charge in [0.25, 0.3) is 5.91 Å². The average Bonchev–Trinajstić information content (AvgIpc) is 2.40.